The number of aliphatic hydroxyl groups is 2. The van der Waals surface area contributed by atoms with Gasteiger partial charge in [-0.15, -0.1) is 0 Å². The van der Waals surface area contributed by atoms with E-state index in [2.05, 4.69) is 19.6 Å². The second kappa shape index (κ2) is 7.01. The molecule has 2 rings (SSSR count). The predicted molar refractivity (Wildman–Crippen MR) is 94.5 cm³/mol. The fourth-order valence-corrected chi connectivity index (χ4v) is 5.08. The van der Waals surface area contributed by atoms with Crippen LogP contribution in [-0.4, -0.2) is 34.0 Å². The lowest BCUT2D eigenvalue weighted by Crippen LogP contribution is -2.47. The molecule has 1 fully saturated rings. The molecule has 0 bridgehead atoms. The first-order chi connectivity index (χ1) is 11.1. The van der Waals surface area contributed by atoms with Gasteiger partial charge in [-0.1, -0.05) is 37.6 Å². The van der Waals surface area contributed by atoms with Gasteiger partial charge in [0.05, 0.1) is 12.7 Å². The van der Waals surface area contributed by atoms with Crippen molar-refractivity contribution in [2.75, 3.05) is 6.61 Å². The summed E-state index contributed by atoms with van der Waals surface area (Å²) < 4.78 is 0. The Morgan fingerprint density at radius 2 is 2.12 bits per heavy atom. The van der Waals surface area contributed by atoms with Crippen LogP contribution >= 0.6 is 0 Å². The zero-order valence-corrected chi connectivity index (χ0v) is 15.2. The number of allylic oxidation sites excluding steroid dienone is 3. The van der Waals surface area contributed by atoms with Crippen molar-refractivity contribution in [2.24, 2.45) is 22.7 Å². The van der Waals surface area contributed by atoms with Crippen molar-refractivity contribution >= 4 is 5.97 Å². The number of aliphatic hydroxyl groups excluding tert-OH is 2. The van der Waals surface area contributed by atoms with Gasteiger partial charge in [-0.05, 0) is 61.7 Å². The maximum absolute atomic E-state index is 11.2. The number of aliphatic carboxylic acids is 1. The van der Waals surface area contributed by atoms with Crippen LogP contribution in [0.2, 0.25) is 0 Å². The maximum Gasteiger partial charge on any atom is 0.303 e. The largest absolute Gasteiger partial charge is 0.481 e. The van der Waals surface area contributed by atoms with E-state index in [4.69, 9.17) is 5.11 Å². The number of hydrogen-bond donors (Lipinski definition) is 3. The molecule has 24 heavy (non-hydrogen) atoms. The summed E-state index contributed by atoms with van der Waals surface area (Å²) in [6, 6.07) is 0. The van der Waals surface area contributed by atoms with E-state index in [1.165, 1.54) is 5.57 Å². The number of carboxylic acids is 1. The van der Waals surface area contributed by atoms with E-state index in [-0.39, 0.29) is 23.9 Å². The van der Waals surface area contributed by atoms with Crippen LogP contribution in [0.5, 0.6) is 0 Å². The van der Waals surface area contributed by atoms with Gasteiger partial charge in [0.1, 0.15) is 0 Å². The molecule has 0 aromatic heterocycles. The van der Waals surface area contributed by atoms with Crippen LogP contribution in [0.3, 0.4) is 0 Å². The van der Waals surface area contributed by atoms with Crippen molar-refractivity contribution in [2.45, 2.75) is 65.4 Å². The molecule has 5 atom stereocenters. The second-order valence-electron chi connectivity index (χ2n) is 8.43. The van der Waals surface area contributed by atoms with Gasteiger partial charge >= 0.3 is 5.97 Å². The van der Waals surface area contributed by atoms with Crippen molar-refractivity contribution in [3.63, 3.8) is 0 Å². The molecule has 0 amide bonds. The van der Waals surface area contributed by atoms with E-state index >= 15 is 0 Å². The first-order valence-electron chi connectivity index (χ1n) is 8.99. The van der Waals surface area contributed by atoms with Gasteiger partial charge in [-0.3, -0.25) is 4.79 Å². The average Bonchev–Trinajstić information content (AvgIpc) is 2.51. The summed E-state index contributed by atoms with van der Waals surface area (Å²) in [6.07, 6.45) is 5.87. The predicted octanol–water partition coefficient (Wildman–Crippen LogP) is 3.54. The van der Waals surface area contributed by atoms with Crippen molar-refractivity contribution in [3.8, 4) is 0 Å². The summed E-state index contributed by atoms with van der Waals surface area (Å²) in [5.41, 5.74) is 2.07. The van der Waals surface area contributed by atoms with Crippen LogP contribution in [0.15, 0.2) is 23.8 Å². The Bertz CT molecular complexity index is 538. The Balaban J connectivity index is 2.30. The molecule has 4 heteroatoms. The van der Waals surface area contributed by atoms with Crippen LogP contribution in [0.4, 0.5) is 0 Å². The van der Waals surface area contributed by atoms with Gasteiger partial charge in [0.15, 0.2) is 0 Å². The highest BCUT2D eigenvalue weighted by Crippen LogP contribution is 2.58. The van der Waals surface area contributed by atoms with Gasteiger partial charge in [-0.25, -0.2) is 0 Å². The zero-order valence-electron chi connectivity index (χ0n) is 15.2. The lowest BCUT2D eigenvalue weighted by Gasteiger charge is -2.53. The SMILES string of the molecule is C=C(C)C1CC=C2CC(C)(C(O)CO)CCC2C1(C)CCC(=O)O. The van der Waals surface area contributed by atoms with Crippen molar-refractivity contribution in [3.05, 3.63) is 23.8 Å². The van der Waals surface area contributed by atoms with Gasteiger partial charge in [0.2, 0.25) is 0 Å². The molecular formula is C20H32O4. The highest BCUT2D eigenvalue weighted by atomic mass is 16.4. The van der Waals surface area contributed by atoms with Crippen molar-refractivity contribution in [1.82, 2.24) is 0 Å². The smallest absolute Gasteiger partial charge is 0.303 e. The van der Waals surface area contributed by atoms with Crippen molar-refractivity contribution < 1.29 is 20.1 Å². The average molecular weight is 336 g/mol. The third-order valence-corrected chi connectivity index (χ3v) is 6.72. The molecule has 3 N–H and O–H groups in total. The fraction of sp³-hybridized carbons (Fsp3) is 0.750. The number of fused-ring (bicyclic) bond motifs is 1. The van der Waals surface area contributed by atoms with Gasteiger partial charge in [-0.2, -0.15) is 0 Å². The van der Waals surface area contributed by atoms with Crippen LogP contribution in [0.1, 0.15) is 59.3 Å². The minimum atomic E-state index is -0.746. The topological polar surface area (TPSA) is 77.8 Å². The molecule has 1 saturated carbocycles. The minimum absolute atomic E-state index is 0.0974. The minimum Gasteiger partial charge on any atom is -0.481 e. The highest BCUT2D eigenvalue weighted by molar-refractivity contribution is 5.66. The summed E-state index contributed by atoms with van der Waals surface area (Å²) in [7, 11) is 0. The molecule has 2 aliphatic rings. The molecule has 2 aliphatic carbocycles. The summed E-state index contributed by atoms with van der Waals surface area (Å²) >= 11 is 0. The zero-order chi connectivity index (χ0) is 18.1. The Labute approximate surface area is 145 Å². The summed E-state index contributed by atoms with van der Waals surface area (Å²) in [6.45, 7) is 10.3. The monoisotopic (exact) mass is 336 g/mol. The van der Waals surface area contributed by atoms with Gasteiger partial charge in [0.25, 0.3) is 0 Å². The van der Waals surface area contributed by atoms with Gasteiger partial charge < -0.3 is 15.3 Å². The molecule has 0 heterocycles. The third-order valence-electron chi connectivity index (χ3n) is 6.72. The van der Waals surface area contributed by atoms with Gasteiger partial charge in [0, 0.05) is 6.42 Å². The van der Waals surface area contributed by atoms with Crippen LogP contribution in [-0.2, 0) is 4.79 Å². The lowest BCUT2D eigenvalue weighted by molar-refractivity contribution is -0.138. The van der Waals surface area contributed by atoms with E-state index in [1.54, 1.807) is 0 Å². The number of carboxylic acid groups (broad SMARTS) is 1. The standard InChI is InChI=1S/C20H32O4/c1-13(2)15-6-5-14-11-19(3,17(22)12-21)9-7-16(14)20(15,4)10-8-18(23)24/h5,15-17,21-22H,1,6-12H2,2-4H3,(H,23,24). The van der Waals surface area contributed by atoms with Crippen LogP contribution in [0.25, 0.3) is 0 Å². The Hall–Kier alpha value is -1.13. The number of carbonyl (C=O) groups is 1. The van der Waals surface area contributed by atoms with Crippen molar-refractivity contribution in [1.29, 1.82) is 0 Å². The number of rotatable bonds is 6. The van der Waals surface area contributed by atoms with E-state index in [9.17, 15) is 15.0 Å². The molecule has 5 unspecified atom stereocenters. The van der Waals surface area contributed by atoms with E-state index in [1.807, 2.05) is 13.8 Å². The van der Waals surface area contributed by atoms with Crippen LogP contribution < -0.4 is 0 Å². The molecule has 4 nitrogen and oxygen atoms in total. The Kier molecular flexibility index (Phi) is 5.61. The molecule has 0 saturated heterocycles. The van der Waals surface area contributed by atoms with E-state index in [0.29, 0.717) is 18.3 Å². The lowest BCUT2D eigenvalue weighted by atomic mass is 9.51. The summed E-state index contributed by atoms with van der Waals surface area (Å²) in [5.74, 6) is -0.104. The van der Waals surface area contributed by atoms with E-state index in [0.717, 1.165) is 31.3 Å². The first kappa shape index (κ1) is 19.2. The molecule has 0 aromatic carbocycles. The normalized spacial score (nSPS) is 37.3. The van der Waals surface area contributed by atoms with E-state index < -0.39 is 12.1 Å². The second-order valence-corrected chi connectivity index (χ2v) is 8.43. The quantitative estimate of drug-likeness (QED) is 0.648. The summed E-state index contributed by atoms with van der Waals surface area (Å²) in [5, 5.41) is 28.7. The first-order valence-corrected chi connectivity index (χ1v) is 8.99. The Morgan fingerprint density at radius 3 is 2.67 bits per heavy atom. The third kappa shape index (κ3) is 3.45. The molecule has 0 aromatic rings. The van der Waals surface area contributed by atoms with Crippen LogP contribution in [0, 0.1) is 22.7 Å². The highest BCUT2D eigenvalue weighted by Gasteiger charge is 2.50. The fourth-order valence-electron chi connectivity index (χ4n) is 5.08. The maximum atomic E-state index is 11.2. The number of hydrogen-bond acceptors (Lipinski definition) is 3. The Morgan fingerprint density at radius 1 is 1.46 bits per heavy atom. The molecule has 0 aliphatic heterocycles. The summed E-state index contributed by atoms with van der Waals surface area (Å²) in [4.78, 5) is 11.2. The molecular weight excluding hydrogens is 304 g/mol. The molecule has 136 valence electrons. The molecule has 0 radical (unpaired) electrons. The molecule has 0 spiro atoms.